The van der Waals surface area contributed by atoms with Gasteiger partial charge in [0, 0.05) is 19.6 Å². The Morgan fingerprint density at radius 1 is 1.21 bits per heavy atom. The minimum atomic E-state index is -0.304. The van der Waals surface area contributed by atoms with E-state index in [0.717, 1.165) is 38.4 Å². The van der Waals surface area contributed by atoms with Crippen molar-refractivity contribution in [2.75, 3.05) is 26.7 Å². The van der Waals surface area contributed by atoms with E-state index in [-0.39, 0.29) is 29.9 Å². The van der Waals surface area contributed by atoms with Crippen molar-refractivity contribution in [3.05, 3.63) is 35.4 Å². The Bertz CT molecular complexity index is 501. The van der Waals surface area contributed by atoms with Crippen LogP contribution in [0.4, 0.5) is 0 Å². The topological polar surface area (TPSA) is 62.7 Å². The fourth-order valence-electron chi connectivity index (χ4n) is 2.03. The van der Waals surface area contributed by atoms with Crippen LogP contribution >= 0.6 is 24.0 Å². The molecule has 136 valence electrons. The van der Waals surface area contributed by atoms with Crippen molar-refractivity contribution in [3.8, 4) is 0 Å². The van der Waals surface area contributed by atoms with Gasteiger partial charge in [-0.25, -0.2) is 4.79 Å². The Morgan fingerprint density at radius 3 is 2.42 bits per heavy atom. The van der Waals surface area contributed by atoms with Crippen LogP contribution in [-0.2, 0) is 11.2 Å². The maximum absolute atomic E-state index is 11.4. The Labute approximate surface area is 162 Å². The van der Waals surface area contributed by atoms with Gasteiger partial charge in [-0.1, -0.05) is 26.0 Å². The molecule has 0 bridgehead atoms. The van der Waals surface area contributed by atoms with E-state index < -0.39 is 0 Å². The summed E-state index contributed by atoms with van der Waals surface area (Å²) in [7, 11) is 1.39. The number of methoxy groups -OCH3 is 1. The smallest absolute Gasteiger partial charge is 0.337 e. The number of carbonyl (C=O) groups excluding carboxylic acids is 1. The second-order valence-corrected chi connectivity index (χ2v) is 5.81. The summed E-state index contributed by atoms with van der Waals surface area (Å²) >= 11 is 0. The minimum absolute atomic E-state index is 0. The third-order valence-corrected chi connectivity index (χ3v) is 3.40. The number of hydrogen-bond donors (Lipinski definition) is 2. The van der Waals surface area contributed by atoms with Crippen LogP contribution in [0.1, 0.15) is 43.1 Å². The third kappa shape index (κ3) is 9.10. The first-order chi connectivity index (χ1) is 11.1. The quantitative estimate of drug-likeness (QED) is 0.278. The Hall–Kier alpha value is -1.31. The zero-order valence-corrected chi connectivity index (χ0v) is 17.4. The minimum Gasteiger partial charge on any atom is -0.465 e. The monoisotopic (exact) mass is 447 g/mol. The van der Waals surface area contributed by atoms with Crippen molar-refractivity contribution in [3.63, 3.8) is 0 Å². The Morgan fingerprint density at radius 2 is 1.88 bits per heavy atom. The van der Waals surface area contributed by atoms with Crippen molar-refractivity contribution < 1.29 is 9.53 Å². The van der Waals surface area contributed by atoms with Gasteiger partial charge in [0.25, 0.3) is 0 Å². The highest BCUT2D eigenvalue weighted by Gasteiger charge is 2.04. The molecule has 0 aromatic heterocycles. The number of nitrogens with zero attached hydrogens (tertiary/aromatic N) is 1. The molecule has 0 aliphatic rings. The molecule has 24 heavy (non-hydrogen) atoms. The van der Waals surface area contributed by atoms with E-state index in [1.165, 1.54) is 12.7 Å². The number of ether oxygens (including phenoxy) is 1. The molecule has 0 saturated carbocycles. The molecule has 1 aromatic carbocycles. The lowest BCUT2D eigenvalue weighted by atomic mass is 10.1. The van der Waals surface area contributed by atoms with Gasteiger partial charge in [-0.15, -0.1) is 24.0 Å². The molecule has 0 aliphatic heterocycles. The Kier molecular flexibility index (Phi) is 12.3. The Balaban J connectivity index is 0.00000529. The lowest BCUT2D eigenvalue weighted by molar-refractivity contribution is 0.0600. The number of carbonyl (C=O) groups is 1. The van der Waals surface area contributed by atoms with Crippen LogP contribution in [0.3, 0.4) is 0 Å². The molecule has 1 aromatic rings. The van der Waals surface area contributed by atoms with Gasteiger partial charge in [0.1, 0.15) is 0 Å². The number of hydrogen-bond acceptors (Lipinski definition) is 3. The standard InChI is InChI=1S/C18H29N3O2.HI/c1-5-19-18(20-12-10-14(2)3)21-13-11-15-6-8-16(9-7-15)17(22)23-4;/h6-9,14H,5,10-13H2,1-4H3,(H2,19,20,21);1H. The summed E-state index contributed by atoms with van der Waals surface area (Å²) in [6, 6.07) is 7.50. The van der Waals surface area contributed by atoms with Crippen molar-refractivity contribution in [1.29, 1.82) is 0 Å². The van der Waals surface area contributed by atoms with E-state index in [2.05, 4.69) is 36.4 Å². The summed E-state index contributed by atoms with van der Waals surface area (Å²) in [5, 5.41) is 6.59. The van der Waals surface area contributed by atoms with Crippen molar-refractivity contribution in [2.24, 2.45) is 10.9 Å². The van der Waals surface area contributed by atoms with E-state index in [1.54, 1.807) is 12.1 Å². The number of benzene rings is 1. The molecule has 0 aliphatic carbocycles. The highest BCUT2D eigenvalue weighted by molar-refractivity contribution is 14.0. The molecule has 0 unspecified atom stereocenters. The van der Waals surface area contributed by atoms with Gasteiger partial charge in [0.05, 0.1) is 12.7 Å². The fourth-order valence-corrected chi connectivity index (χ4v) is 2.03. The van der Waals surface area contributed by atoms with E-state index in [9.17, 15) is 4.79 Å². The molecule has 2 N–H and O–H groups in total. The predicted molar refractivity (Wildman–Crippen MR) is 110 cm³/mol. The zero-order valence-electron chi connectivity index (χ0n) is 15.1. The van der Waals surface area contributed by atoms with Gasteiger partial charge in [0.15, 0.2) is 5.96 Å². The number of nitrogens with one attached hydrogen (secondary N) is 2. The lowest BCUT2D eigenvalue weighted by Gasteiger charge is -2.12. The lowest BCUT2D eigenvalue weighted by Crippen LogP contribution is -2.38. The molecule has 0 amide bonds. The number of aliphatic imine (C=N–C) groups is 1. The predicted octanol–water partition coefficient (Wildman–Crippen LogP) is 3.23. The van der Waals surface area contributed by atoms with Crippen LogP contribution in [0, 0.1) is 5.92 Å². The van der Waals surface area contributed by atoms with E-state index in [1.807, 2.05) is 12.1 Å². The summed E-state index contributed by atoms with van der Waals surface area (Å²) in [6.45, 7) is 8.94. The van der Waals surface area contributed by atoms with Crippen LogP contribution < -0.4 is 10.6 Å². The van der Waals surface area contributed by atoms with Gasteiger partial charge >= 0.3 is 5.97 Å². The summed E-state index contributed by atoms with van der Waals surface area (Å²) < 4.78 is 4.69. The normalized spacial score (nSPS) is 11.0. The average molecular weight is 447 g/mol. The van der Waals surface area contributed by atoms with Gasteiger partial charge in [-0.2, -0.15) is 0 Å². The second-order valence-electron chi connectivity index (χ2n) is 5.81. The molecule has 5 nitrogen and oxygen atoms in total. The molecule has 0 heterocycles. The average Bonchev–Trinajstić information content (AvgIpc) is 2.54. The molecule has 0 radical (unpaired) electrons. The largest absolute Gasteiger partial charge is 0.465 e. The fraction of sp³-hybridized carbons (Fsp3) is 0.556. The van der Waals surface area contributed by atoms with E-state index in [0.29, 0.717) is 11.5 Å². The van der Waals surface area contributed by atoms with Gasteiger partial charge in [-0.3, -0.25) is 4.99 Å². The van der Waals surface area contributed by atoms with Gasteiger partial charge < -0.3 is 15.4 Å². The van der Waals surface area contributed by atoms with Crippen LogP contribution in [0.2, 0.25) is 0 Å². The van der Waals surface area contributed by atoms with E-state index >= 15 is 0 Å². The zero-order chi connectivity index (χ0) is 17.1. The molecule has 0 saturated heterocycles. The molecule has 0 fully saturated rings. The summed E-state index contributed by atoms with van der Waals surface area (Å²) in [5.41, 5.74) is 1.75. The van der Waals surface area contributed by atoms with Crippen molar-refractivity contribution in [1.82, 2.24) is 10.6 Å². The highest BCUT2D eigenvalue weighted by Crippen LogP contribution is 2.06. The van der Waals surface area contributed by atoms with Crippen LogP contribution in [0.25, 0.3) is 0 Å². The number of halogens is 1. The van der Waals surface area contributed by atoms with Gasteiger partial charge in [0.2, 0.25) is 0 Å². The van der Waals surface area contributed by atoms with Crippen molar-refractivity contribution in [2.45, 2.75) is 33.6 Å². The van der Waals surface area contributed by atoms with E-state index in [4.69, 9.17) is 4.74 Å². The number of esters is 1. The first kappa shape index (κ1) is 22.7. The first-order valence-electron chi connectivity index (χ1n) is 8.26. The number of guanidine groups is 1. The molecule has 0 spiro atoms. The molecule has 0 atom stereocenters. The molecule has 6 heteroatoms. The summed E-state index contributed by atoms with van der Waals surface area (Å²) in [6.07, 6.45) is 1.96. The van der Waals surface area contributed by atoms with Crippen molar-refractivity contribution >= 4 is 35.9 Å². The second kappa shape index (κ2) is 13.0. The summed E-state index contributed by atoms with van der Waals surface area (Å²) in [4.78, 5) is 16.0. The third-order valence-electron chi connectivity index (χ3n) is 3.40. The van der Waals surface area contributed by atoms with Crippen LogP contribution in [0.5, 0.6) is 0 Å². The maximum atomic E-state index is 11.4. The molecule has 1 rings (SSSR count). The number of rotatable bonds is 8. The van der Waals surface area contributed by atoms with Gasteiger partial charge in [-0.05, 0) is 43.4 Å². The summed E-state index contributed by atoms with van der Waals surface area (Å²) in [5.74, 6) is 1.22. The first-order valence-corrected chi connectivity index (χ1v) is 8.26. The molecular weight excluding hydrogens is 417 g/mol. The highest BCUT2D eigenvalue weighted by atomic mass is 127. The molecular formula is C18H30IN3O2. The van der Waals surface area contributed by atoms with Crippen LogP contribution in [0.15, 0.2) is 29.3 Å². The van der Waals surface area contributed by atoms with Crippen LogP contribution in [-0.4, -0.2) is 38.7 Å². The SMILES string of the molecule is CCNC(=NCCC(C)C)NCCc1ccc(C(=O)OC)cc1.I. The maximum Gasteiger partial charge on any atom is 0.337 e.